The Labute approximate surface area is 259 Å². The molecule has 1 aliphatic rings. The Morgan fingerprint density at radius 2 is 1.89 bits per heavy atom. The number of nitrogens with one attached hydrogen (secondary N) is 1. The standard InChI is InChI=1S/C32H38FN7O5/c1-31(2,41)18-39-17-21(16-35-39)32(42)10-6-7-19(14-32)28-37-29-24-11-22(33)12-26(45-5)27(24)36-30(40(29)38-28)34-15-20-8-9-23(43-3)13-25(20)44-4/h8-9,11-13,16-17,19,41-42H,6-7,10,14-15,18H2,1-5H3,(H,34,36)/t19-,32-/m0/s1. The molecule has 3 heterocycles. The summed E-state index contributed by atoms with van der Waals surface area (Å²) in [5.74, 6) is 1.85. The lowest BCUT2D eigenvalue weighted by molar-refractivity contribution is -0.00967. The average molecular weight is 620 g/mol. The maximum atomic E-state index is 14.7. The van der Waals surface area contributed by atoms with Gasteiger partial charge in [-0.2, -0.15) is 9.61 Å². The van der Waals surface area contributed by atoms with Gasteiger partial charge in [0.25, 0.3) is 0 Å². The zero-order chi connectivity index (χ0) is 31.9. The van der Waals surface area contributed by atoms with Crippen LogP contribution in [-0.4, -0.2) is 66.5 Å². The minimum Gasteiger partial charge on any atom is -0.497 e. The highest BCUT2D eigenvalue weighted by Gasteiger charge is 2.39. The van der Waals surface area contributed by atoms with E-state index in [1.54, 1.807) is 55.7 Å². The second-order valence-electron chi connectivity index (χ2n) is 12.2. The van der Waals surface area contributed by atoms with E-state index in [2.05, 4.69) is 10.4 Å². The molecule has 0 aliphatic heterocycles. The molecule has 45 heavy (non-hydrogen) atoms. The highest BCUT2D eigenvalue weighted by Crippen LogP contribution is 2.44. The van der Waals surface area contributed by atoms with Crippen LogP contribution in [0, 0.1) is 5.82 Å². The fourth-order valence-corrected chi connectivity index (χ4v) is 6.10. The molecule has 6 rings (SSSR count). The van der Waals surface area contributed by atoms with Crippen LogP contribution >= 0.6 is 0 Å². The zero-order valence-electron chi connectivity index (χ0n) is 26.0. The molecule has 0 saturated heterocycles. The van der Waals surface area contributed by atoms with Gasteiger partial charge < -0.3 is 29.7 Å². The summed E-state index contributed by atoms with van der Waals surface area (Å²) < 4.78 is 34.3. The molecule has 2 aromatic carbocycles. The first kappa shape index (κ1) is 30.5. The van der Waals surface area contributed by atoms with Gasteiger partial charge in [-0.05, 0) is 57.7 Å². The van der Waals surface area contributed by atoms with Crippen LogP contribution in [0.15, 0.2) is 42.7 Å². The van der Waals surface area contributed by atoms with Crippen molar-refractivity contribution < 1.29 is 28.8 Å². The second-order valence-corrected chi connectivity index (χ2v) is 12.2. The van der Waals surface area contributed by atoms with E-state index in [0.29, 0.717) is 71.3 Å². The number of benzene rings is 2. The fraction of sp³-hybridized carbons (Fsp3) is 0.438. The van der Waals surface area contributed by atoms with E-state index in [9.17, 15) is 14.6 Å². The highest BCUT2D eigenvalue weighted by atomic mass is 19.1. The molecule has 3 N–H and O–H groups in total. The Morgan fingerprint density at radius 3 is 2.62 bits per heavy atom. The molecule has 1 saturated carbocycles. The molecule has 0 spiro atoms. The van der Waals surface area contributed by atoms with Crippen LogP contribution in [0.25, 0.3) is 16.6 Å². The summed E-state index contributed by atoms with van der Waals surface area (Å²) in [7, 11) is 4.66. The Morgan fingerprint density at radius 1 is 1.09 bits per heavy atom. The largest absolute Gasteiger partial charge is 0.497 e. The lowest BCUT2D eigenvalue weighted by Gasteiger charge is -2.35. The van der Waals surface area contributed by atoms with E-state index >= 15 is 0 Å². The van der Waals surface area contributed by atoms with Crippen LogP contribution < -0.4 is 19.5 Å². The van der Waals surface area contributed by atoms with Gasteiger partial charge in [-0.3, -0.25) is 4.68 Å². The van der Waals surface area contributed by atoms with E-state index in [4.69, 9.17) is 29.3 Å². The predicted molar refractivity (Wildman–Crippen MR) is 165 cm³/mol. The number of ether oxygens (including phenoxy) is 3. The summed E-state index contributed by atoms with van der Waals surface area (Å²) in [6, 6.07) is 8.22. The van der Waals surface area contributed by atoms with Gasteiger partial charge in [0.15, 0.2) is 11.5 Å². The van der Waals surface area contributed by atoms with Crippen LogP contribution in [0.4, 0.5) is 10.3 Å². The molecule has 13 heteroatoms. The summed E-state index contributed by atoms with van der Waals surface area (Å²) in [6.45, 7) is 4.08. The van der Waals surface area contributed by atoms with Crippen LogP contribution in [0.2, 0.25) is 0 Å². The topological polar surface area (TPSA) is 141 Å². The molecule has 2 atom stereocenters. The van der Waals surface area contributed by atoms with Gasteiger partial charge in [-0.25, -0.2) is 14.4 Å². The monoisotopic (exact) mass is 619 g/mol. The quantitative estimate of drug-likeness (QED) is 0.204. The fourth-order valence-electron chi connectivity index (χ4n) is 6.10. The van der Waals surface area contributed by atoms with E-state index in [0.717, 1.165) is 18.4 Å². The number of hydrogen-bond donors (Lipinski definition) is 3. The van der Waals surface area contributed by atoms with Crippen LogP contribution in [0.3, 0.4) is 0 Å². The number of fused-ring (bicyclic) bond motifs is 3. The molecule has 3 aromatic heterocycles. The van der Waals surface area contributed by atoms with Gasteiger partial charge in [0.2, 0.25) is 5.95 Å². The number of nitrogens with zero attached hydrogens (tertiary/aromatic N) is 6. The van der Waals surface area contributed by atoms with Gasteiger partial charge in [0.05, 0.1) is 50.7 Å². The van der Waals surface area contributed by atoms with Crippen molar-refractivity contribution in [3.05, 3.63) is 65.5 Å². The van der Waals surface area contributed by atoms with E-state index in [1.807, 2.05) is 12.1 Å². The molecule has 238 valence electrons. The number of halogens is 1. The van der Waals surface area contributed by atoms with E-state index in [1.165, 1.54) is 19.2 Å². The van der Waals surface area contributed by atoms with Crippen LogP contribution in [0.5, 0.6) is 17.2 Å². The number of methoxy groups -OCH3 is 3. The van der Waals surface area contributed by atoms with Gasteiger partial charge >= 0.3 is 0 Å². The number of hydrogen-bond acceptors (Lipinski definition) is 10. The minimum atomic E-state index is -1.14. The van der Waals surface area contributed by atoms with Gasteiger partial charge in [-0.1, -0.05) is 0 Å². The molecule has 5 aromatic rings. The number of rotatable bonds is 10. The molecule has 0 radical (unpaired) electrons. The van der Waals surface area contributed by atoms with Crippen molar-refractivity contribution >= 4 is 22.5 Å². The average Bonchev–Trinajstić information content (AvgIpc) is 3.67. The van der Waals surface area contributed by atoms with Crippen molar-refractivity contribution in [2.75, 3.05) is 26.6 Å². The lowest BCUT2D eigenvalue weighted by Crippen LogP contribution is -2.32. The molecule has 0 unspecified atom stereocenters. The normalized spacial score (nSPS) is 18.8. The van der Waals surface area contributed by atoms with Crippen LogP contribution in [-0.2, 0) is 18.7 Å². The first-order valence-electron chi connectivity index (χ1n) is 14.9. The molecular weight excluding hydrogens is 581 g/mol. The summed E-state index contributed by atoms with van der Waals surface area (Å²) in [5.41, 5.74) is 0.333. The third kappa shape index (κ3) is 6.09. The third-order valence-corrected chi connectivity index (χ3v) is 8.29. The third-order valence-electron chi connectivity index (χ3n) is 8.29. The molecule has 0 bridgehead atoms. The van der Waals surface area contributed by atoms with Crippen molar-refractivity contribution in [3.63, 3.8) is 0 Å². The molecule has 1 fully saturated rings. The summed E-state index contributed by atoms with van der Waals surface area (Å²) in [6.07, 6.45) is 5.91. The van der Waals surface area contributed by atoms with Crippen molar-refractivity contribution in [2.24, 2.45) is 0 Å². The predicted octanol–water partition coefficient (Wildman–Crippen LogP) is 4.57. The van der Waals surface area contributed by atoms with Gasteiger partial charge in [0.1, 0.15) is 28.6 Å². The second kappa shape index (κ2) is 11.8. The van der Waals surface area contributed by atoms with E-state index < -0.39 is 17.0 Å². The van der Waals surface area contributed by atoms with Gasteiger partial charge in [0, 0.05) is 41.9 Å². The summed E-state index contributed by atoms with van der Waals surface area (Å²) >= 11 is 0. The first-order chi connectivity index (χ1) is 21.5. The number of aromatic nitrogens is 6. The maximum absolute atomic E-state index is 14.7. The SMILES string of the molecule is COc1ccc(CNc2nc3c(OC)cc(F)cc3c3nc([C@H]4CCC[C@@](O)(c5cnn(CC(C)(C)O)c5)C4)nn23)c(OC)c1. The Bertz CT molecular complexity index is 1850. The van der Waals surface area contributed by atoms with Crippen molar-refractivity contribution in [3.8, 4) is 17.2 Å². The number of aliphatic hydroxyl groups is 2. The van der Waals surface area contributed by atoms with E-state index in [-0.39, 0.29) is 11.7 Å². The summed E-state index contributed by atoms with van der Waals surface area (Å²) in [4.78, 5) is 9.71. The summed E-state index contributed by atoms with van der Waals surface area (Å²) in [5, 5.41) is 35.1. The highest BCUT2D eigenvalue weighted by molar-refractivity contribution is 5.96. The number of anilines is 1. The van der Waals surface area contributed by atoms with Crippen molar-refractivity contribution in [1.29, 1.82) is 0 Å². The smallest absolute Gasteiger partial charge is 0.226 e. The zero-order valence-corrected chi connectivity index (χ0v) is 26.0. The molecule has 12 nitrogen and oxygen atoms in total. The minimum absolute atomic E-state index is 0.179. The molecular formula is C32H38FN7O5. The Kier molecular flexibility index (Phi) is 8.00. The van der Waals surface area contributed by atoms with Crippen molar-refractivity contribution in [2.45, 2.75) is 69.7 Å². The lowest BCUT2D eigenvalue weighted by atomic mass is 9.75. The molecule has 1 aliphatic carbocycles. The van der Waals surface area contributed by atoms with Crippen LogP contribution in [0.1, 0.15) is 62.4 Å². The van der Waals surface area contributed by atoms with Gasteiger partial charge in [-0.15, -0.1) is 5.10 Å². The first-order valence-corrected chi connectivity index (χ1v) is 14.9. The molecule has 0 amide bonds. The Hall–Kier alpha value is -4.49. The Balaban J connectivity index is 1.38. The maximum Gasteiger partial charge on any atom is 0.226 e. The van der Waals surface area contributed by atoms with Crippen molar-refractivity contribution in [1.82, 2.24) is 29.4 Å².